The lowest BCUT2D eigenvalue weighted by Crippen LogP contribution is -2.32. The number of para-hydroxylation sites is 1. The number of pyridine rings is 1. The molecule has 1 aliphatic rings. The molecule has 32 heavy (non-hydrogen) atoms. The summed E-state index contributed by atoms with van der Waals surface area (Å²) < 4.78 is 2.15. The molecule has 168 valence electrons. The van der Waals surface area contributed by atoms with Gasteiger partial charge in [-0.3, -0.25) is 14.7 Å². The van der Waals surface area contributed by atoms with Crippen LogP contribution in [0, 0.1) is 5.92 Å². The summed E-state index contributed by atoms with van der Waals surface area (Å²) in [5.41, 5.74) is 1.46. The van der Waals surface area contributed by atoms with Crippen molar-refractivity contribution in [1.29, 1.82) is 0 Å². The van der Waals surface area contributed by atoms with Gasteiger partial charge in [-0.15, -0.1) is 10.2 Å². The molecule has 0 saturated carbocycles. The number of phenolic OH excluding ortho intramolecular Hbond substituents is 1. The number of benzene rings is 1. The van der Waals surface area contributed by atoms with E-state index in [0.717, 1.165) is 49.7 Å². The number of nitrogens with one attached hydrogen (secondary N) is 1. The van der Waals surface area contributed by atoms with Crippen molar-refractivity contribution >= 4 is 5.91 Å². The van der Waals surface area contributed by atoms with E-state index in [1.807, 2.05) is 18.2 Å². The first-order valence-corrected chi connectivity index (χ1v) is 11.1. The molecule has 0 spiro atoms. The molecule has 4 rings (SSSR count). The zero-order valence-electron chi connectivity index (χ0n) is 18.6. The summed E-state index contributed by atoms with van der Waals surface area (Å²) in [6, 6.07) is 10.8. The molecule has 0 saturated heterocycles. The van der Waals surface area contributed by atoms with Crippen LogP contribution < -0.4 is 5.32 Å². The van der Waals surface area contributed by atoms with Gasteiger partial charge >= 0.3 is 0 Å². The predicted molar refractivity (Wildman–Crippen MR) is 121 cm³/mol. The molecule has 0 aliphatic carbocycles. The van der Waals surface area contributed by atoms with Gasteiger partial charge in [-0.1, -0.05) is 32.0 Å². The Kier molecular flexibility index (Phi) is 6.80. The summed E-state index contributed by atoms with van der Waals surface area (Å²) in [4.78, 5) is 19.2. The maximum atomic E-state index is 12.8. The van der Waals surface area contributed by atoms with E-state index in [4.69, 9.17) is 0 Å². The second-order valence-electron chi connectivity index (χ2n) is 8.68. The van der Waals surface area contributed by atoms with Crippen molar-refractivity contribution in [3.8, 4) is 5.75 Å². The van der Waals surface area contributed by atoms with E-state index < -0.39 is 0 Å². The molecule has 1 amide bonds. The Hall–Kier alpha value is -3.26. The van der Waals surface area contributed by atoms with Gasteiger partial charge in [0, 0.05) is 50.6 Å². The average Bonchev–Trinajstić information content (AvgIpc) is 3.09. The molecular formula is C24H30N6O2. The summed E-state index contributed by atoms with van der Waals surface area (Å²) in [5.74, 6) is 2.29. The Labute approximate surface area is 188 Å². The van der Waals surface area contributed by atoms with Gasteiger partial charge in [-0.2, -0.15) is 0 Å². The van der Waals surface area contributed by atoms with Crippen molar-refractivity contribution in [3.05, 3.63) is 71.6 Å². The summed E-state index contributed by atoms with van der Waals surface area (Å²) in [7, 11) is 0. The Balaban J connectivity index is 1.50. The van der Waals surface area contributed by atoms with Gasteiger partial charge in [0.25, 0.3) is 5.91 Å². The highest BCUT2D eigenvalue weighted by Crippen LogP contribution is 2.24. The molecular weight excluding hydrogens is 404 g/mol. The van der Waals surface area contributed by atoms with Crippen LogP contribution in [0.15, 0.2) is 48.8 Å². The third-order valence-corrected chi connectivity index (χ3v) is 5.78. The minimum atomic E-state index is -0.228. The van der Waals surface area contributed by atoms with Crippen LogP contribution in [-0.2, 0) is 19.5 Å². The fraction of sp³-hybridized carbons (Fsp3) is 0.417. The van der Waals surface area contributed by atoms with Crippen LogP contribution in [0.1, 0.15) is 53.9 Å². The lowest BCUT2D eigenvalue weighted by Gasteiger charge is -2.22. The van der Waals surface area contributed by atoms with Crippen molar-refractivity contribution in [2.24, 2.45) is 5.92 Å². The lowest BCUT2D eigenvalue weighted by atomic mass is 10.0. The Morgan fingerprint density at radius 2 is 1.97 bits per heavy atom. The Morgan fingerprint density at radius 3 is 2.72 bits per heavy atom. The summed E-state index contributed by atoms with van der Waals surface area (Å²) in [6.45, 7) is 7.35. The average molecular weight is 435 g/mol. The standard InChI is InChI=1S/C24H30N6O2/c1-17(2)14-20(26-24(32)18-7-5-10-25-15-18)23-28-27-22-9-11-29(12-13-30(22)23)16-19-6-3-4-8-21(19)31/h3-8,10,15,17,20,31H,9,11-14,16H2,1-2H3,(H,26,32). The van der Waals surface area contributed by atoms with Crippen LogP contribution in [0.3, 0.4) is 0 Å². The van der Waals surface area contributed by atoms with Gasteiger partial charge < -0.3 is 15.0 Å². The zero-order valence-corrected chi connectivity index (χ0v) is 18.6. The largest absolute Gasteiger partial charge is 0.508 e. The normalized spacial score (nSPS) is 15.2. The highest BCUT2D eigenvalue weighted by atomic mass is 16.3. The fourth-order valence-corrected chi connectivity index (χ4v) is 4.13. The lowest BCUT2D eigenvalue weighted by molar-refractivity contribution is 0.0928. The molecule has 3 heterocycles. The van der Waals surface area contributed by atoms with Crippen molar-refractivity contribution in [3.63, 3.8) is 0 Å². The number of hydrogen-bond acceptors (Lipinski definition) is 6. The first kappa shape index (κ1) is 22.0. The molecule has 1 aromatic carbocycles. The number of rotatable bonds is 7. The van der Waals surface area contributed by atoms with Crippen molar-refractivity contribution in [1.82, 2.24) is 30.0 Å². The number of aromatic nitrogens is 4. The van der Waals surface area contributed by atoms with Gasteiger partial charge in [-0.25, -0.2) is 0 Å². The van der Waals surface area contributed by atoms with E-state index in [-0.39, 0.29) is 11.9 Å². The van der Waals surface area contributed by atoms with Crippen LogP contribution in [0.5, 0.6) is 5.75 Å². The number of fused-ring (bicyclic) bond motifs is 1. The van der Waals surface area contributed by atoms with Gasteiger partial charge in [0.2, 0.25) is 0 Å². The maximum absolute atomic E-state index is 12.8. The molecule has 2 aromatic heterocycles. The third-order valence-electron chi connectivity index (χ3n) is 5.78. The molecule has 8 heteroatoms. The molecule has 8 nitrogen and oxygen atoms in total. The maximum Gasteiger partial charge on any atom is 0.253 e. The van der Waals surface area contributed by atoms with E-state index in [1.54, 1.807) is 30.6 Å². The van der Waals surface area contributed by atoms with Crippen molar-refractivity contribution in [2.45, 2.75) is 45.8 Å². The highest BCUT2D eigenvalue weighted by Gasteiger charge is 2.26. The van der Waals surface area contributed by atoms with Gasteiger partial charge in [0.15, 0.2) is 5.82 Å². The van der Waals surface area contributed by atoms with E-state index in [0.29, 0.717) is 23.8 Å². The molecule has 2 N–H and O–H groups in total. The molecule has 0 fully saturated rings. The summed E-state index contributed by atoms with van der Waals surface area (Å²) in [5, 5.41) is 22.2. The molecule has 3 aromatic rings. The van der Waals surface area contributed by atoms with E-state index in [1.165, 1.54) is 0 Å². The second-order valence-corrected chi connectivity index (χ2v) is 8.68. The second kappa shape index (κ2) is 9.91. The quantitative estimate of drug-likeness (QED) is 0.594. The number of hydrogen-bond donors (Lipinski definition) is 2. The monoisotopic (exact) mass is 434 g/mol. The van der Waals surface area contributed by atoms with E-state index in [9.17, 15) is 9.90 Å². The van der Waals surface area contributed by atoms with Gasteiger partial charge in [0.05, 0.1) is 11.6 Å². The van der Waals surface area contributed by atoms with Crippen LogP contribution in [0.25, 0.3) is 0 Å². The molecule has 1 aliphatic heterocycles. The Bertz CT molecular complexity index is 1050. The number of aromatic hydroxyl groups is 1. The molecule has 1 atom stereocenters. The van der Waals surface area contributed by atoms with Crippen molar-refractivity contribution in [2.75, 3.05) is 13.1 Å². The smallest absolute Gasteiger partial charge is 0.253 e. The number of phenols is 1. The zero-order chi connectivity index (χ0) is 22.5. The highest BCUT2D eigenvalue weighted by molar-refractivity contribution is 5.94. The van der Waals surface area contributed by atoms with E-state index in [2.05, 4.69) is 43.8 Å². The number of amides is 1. The first-order valence-electron chi connectivity index (χ1n) is 11.1. The van der Waals surface area contributed by atoms with Crippen LogP contribution in [0.2, 0.25) is 0 Å². The van der Waals surface area contributed by atoms with Gasteiger partial charge in [-0.05, 0) is 30.5 Å². The Morgan fingerprint density at radius 1 is 1.12 bits per heavy atom. The van der Waals surface area contributed by atoms with Crippen molar-refractivity contribution < 1.29 is 9.90 Å². The van der Waals surface area contributed by atoms with Crippen LogP contribution >= 0.6 is 0 Å². The third kappa shape index (κ3) is 5.13. The molecule has 0 radical (unpaired) electrons. The first-order chi connectivity index (χ1) is 15.5. The van der Waals surface area contributed by atoms with Crippen LogP contribution in [-0.4, -0.2) is 48.8 Å². The summed E-state index contributed by atoms with van der Waals surface area (Å²) >= 11 is 0. The number of nitrogens with zero attached hydrogens (tertiary/aromatic N) is 5. The minimum Gasteiger partial charge on any atom is -0.508 e. The minimum absolute atomic E-state index is 0.157. The fourth-order valence-electron chi connectivity index (χ4n) is 4.13. The van der Waals surface area contributed by atoms with Gasteiger partial charge in [0.1, 0.15) is 11.6 Å². The summed E-state index contributed by atoms with van der Waals surface area (Å²) in [6.07, 6.45) is 4.77. The number of carbonyl (C=O) groups excluding carboxylic acids is 1. The molecule has 0 bridgehead atoms. The van der Waals surface area contributed by atoms with Crippen LogP contribution in [0.4, 0.5) is 0 Å². The molecule has 1 unspecified atom stereocenters. The van der Waals surface area contributed by atoms with E-state index >= 15 is 0 Å². The number of carbonyl (C=O) groups is 1. The SMILES string of the molecule is CC(C)CC(NC(=O)c1cccnc1)c1nnc2n1CCN(Cc1ccccc1O)CC2. The predicted octanol–water partition coefficient (Wildman–Crippen LogP) is 2.95. The topological polar surface area (TPSA) is 96.2 Å².